The van der Waals surface area contributed by atoms with Crippen molar-refractivity contribution in [3.05, 3.63) is 35.4 Å². The number of aliphatic hydroxyl groups is 2. The first kappa shape index (κ1) is 26.2. The summed E-state index contributed by atoms with van der Waals surface area (Å²) in [4.78, 5) is 10.6. The Bertz CT molecular complexity index is 667. The molecule has 1 aliphatic carbocycles. The van der Waals surface area contributed by atoms with Crippen molar-refractivity contribution in [3.63, 3.8) is 0 Å². The molecule has 0 radical (unpaired) electrons. The Kier molecular flexibility index (Phi) is 10.3. The number of benzene rings is 1. The largest absolute Gasteiger partial charge is 0.481 e. The fourth-order valence-corrected chi connectivity index (χ4v) is 5.30. The molecule has 31 heavy (non-hydrogen) atoms. The zero-order chi connectivity index (χ0) is 23.0. The standard InChI is InChI=1S/C26H41ClO4/c1-26(2,3)16-8-10-22(28)18-12-14-19(15-13-18)25-20(21(27)17-23(25)29)9-6-4-5-7-11-24(30)31/h12-15,20-23,25,28-29H,4-11,16-17H2,1-3H3,(H,30,31)/t20-,21-,22?,23+,25+/m0/s1. The molecule has 1 fully saturated rings. The van der Waals surface area contributed by atoms with Crippen LogP contribution < -0.4 is 0 Å². The first-order chi connectivity index (χ1) is 14.6. The Morgan fingerprint density at radius 1 is 1.10 bits per heavy atom. The molecule has 1 aliphatic rings. The minimum Gasteiger partial charge on any atom is -0.481 e. The lowest BCUT2D eigenvalue weighted by Crippen LogP contribution is -2.19. The molecule has 0 heterocycles. The topological polar surface area (TPSA) is 77.8 Å². The number of unbranched alkanes of at least 4 members (excludes halogenated alkanes) is 3. The monoisotopic (exact) mass is 452 g/mol. The molecule has 1 aromatic carbocycles. The van der Waals surface area contributed by atoms with Crippen LogP contribution >= 0.6 is 11.6 Å². The highest BCUT2D eigenvalue weighted by molar-refractivity contribution is 6.21. The second kappa shape index (κ2) is 12.2. The van der Waals surface area contributed by atoms with Crippen LogP contribution in [-0.2, 0) is 4.79 Å². The number of halogens is 1. The van der Waals surface area contributed by atoms with Crippen molar-refractivity contribution in [2.24, 2.45) is 11.3 Å². The summed E-state index contributed by atoms with van der Waals surface area (Å²) in [5, 5.41) is 29.9. The number of hydrogen-bond acceptors (Lipinski definition) is 3. The van der Waals surface area contributed by atoms with Crippen molar-refractivity contribution in [2.45, 2.75) is 108 Å². The van der Waals surface area contributed by atoms with E-state index in [0.717, 1.165) is 62.5 Å². The van der Waals surface area contributed by atoms with Gasteiger partial charge in [0.2, 0.25) is 0 Å². The van der Waals surface area contributed by atoms with Gasteiger partial charge >= 0.3 is 5.97 Å². The molecule has 2 rings (SSSR count). The summed E-state index contributed by atoms with van der Waals surface area (Å²) in [5.41, 5.74) is 2.31. The average molecular weight is 453 g/mol. The van der Waals surface area contributed by atoms with Gasteiger partial charge < -0.3 is 15.3 Å². The molecule has 0 saturated heterocycles. The van der Waals surface area contributed by atoms with Crippen molar-refractivity contribution in [1.29, 1.82) is 0 Å². The molecule has 1 unspecified atom stereocenters. The first-order valence-electron chi connectivity index (χ1n) is 11.9. The van der Waals surface area contributed by atoms with Gasteiger partial charge in [-0.25, -0.2) is 0 Å². The molecule has 1 aromatic rings. The molecule has 5 atom stereocenters. The predicted octanol–water partition coefficient (Wildman–Crippen LogP) is 6.43. The Hall–Kier alpha value is -1.10. The Balaban J connectivity index is 1.90. The van der Waals surface area contributed by atoms with Crippen molar-refractivity contribution in [2.75, 3.05) is 0 Å². The number of carbonyl (C=O) groups is 1. The van der Waals surface area contributed by atoms with Gasteiger partial charge in [-0.3, -0.25) is 4.79 Å². The third-order valence-electron chi connectivity index (χ3n) is 6.60. The summed E-state index contributed by atoms with van der Waals surface area (Å²) < 4.78 is 0. The normalized spacial score (nSPS) is 25.0. The van der Waals surface area contributed by atoms with Gasteiger partial charge in [-0.05, 0) is 54.6 Å². The Morgan fingerprint density at radius 3 is 2.35 bits per heavy atom. The van der Waals surface area contributed by atoms with Crippen LogP contribution in [0.1, 0.15) is 108 Å². The third-order valence-corrected chi connectivity index (χ3v) is 7.10. The van der Waals surface area contributed by atoms with Crippen LogP contribution in [0, 0.1) is 11.3 Å². The summed E-state index contributed by atoms with van der Waals surface area (Å²) in [6.07, 6.45) is 7.37. The van der Waals surface area contributed by atoms with Crippen molar-refractivity contribution >= 4 is 17.6 Å². The molecule has 0 bridgehead atoms. The quantitative estimate of drug-likeness (QED) is 0.252. The van der Waals surface area contributed by atoms with Gasteiger partial charge in [-0.1, -0.05) is 70.7 Å². The molecule has 3 N–H and O–H groups in total. The van der Waals surface area contributed by atoms with Crippen LogP contribution in [-0.4, -0.2) is 32.8 Å². The highest BCUT2D eigenvalue weighted by atomic mass is 35.5. The van der Waals surface area contributed by atoms with Gasteiger partial charge in [0.05, 0.1) is 12.2 Å². The molecule has 5 heteroatoms. The minimum atomic E-state index is -0.734. The Morgan fingerprint density at radius 2 is 1.74 bits per heavy atom. The summed E-state index contributed by atoms with van der Waals surface area (Å²) in [5.74, 6) is -0.491. The van der Waals surface area contributed by atoms with Crippen LogP contribution in [0.2, 0.25) is 0 Å². The predicted molar refractivity (Wildman–Crippen MR) is 127 cm³/mol. The molecule has 0 amide bonds. The molecule has 0 spiro atoms. The van der Waals surface area contributed by atoms with Crippen LogP contribution in [0.5, 0.6) is 0 Å². The molecule has 1 saturated carbocycles. The van der Waals surface area contributed by atoms with Gasteiger partial charge in [0.25, 0.3) is 0 Å². The molecule has 4 nitrogen and oxygen atoms in total. The van der Waals surface area contributed by atoms with E-state index >= 15 is 0 Å². The summed E-state index contributed by atoms with van der Waals surface area (Å²) in [6, 6.07) is 8.08. The number of aliphatic carboxylic acids is 1. The van der Waals surface area contributed by atoms with Gasteiger partial charge in [-0.2, -0.15) is 0 Å². The first-order valence-corrected chi connectivity index (χ1v) is 12.3. The number of alkyl halides is 1. The fraction of sp³-hybridized carbons (Fsp3) is 0.731. The number of aliphatic hydroxyl groups excluding tert-OH is 2. The maximum absolute atomic E-state index is 10.7. The maximum Gasteiger partial charge on any atom is 0.303 e. The number of rotatable bonds is 12. The Labute approximate surface area is 193 Å². The second-order valence-electron chi connectivity index (χ2n) is 10.5. The van der Waals surface area contributed by atoms with E-state index in [0.29, 0.717) is 6.42 Å². The number of carboxylic acid groups (broad SMARTS) is 1. The lowest BCUT2D eigenvalue weighted by atomic mass is 9.83. The summed E-state index contributed by atoms with van der Waals surface area (Å²) >= 11 is 6.60. The van der Waals surface area contributed by atoms with E-state index in [2.05, 4.69) is 20.8 Å². The summed E-state index contributed by atoms with van der Waals surface area (Å²) in [6.45, 7) is 6.66. The van der Waals surface area contributed by atoms with Gasteiger partial charge in [-0.15, -0.1) is 11.6 Å². The molecule has 0 aromatic heterocycles. The SMILES string of the molecule is CC(C)(C)CCCC(O)c1ccc([C@@H]2[C@@H](CCCCCCC(=O)O)[C@@H](Cl)C[C@H]2O)cc1. The van der Waals surface area contributed by atoms with Crippen LogP contribution in [0.3, 0.4) is 0 Å². The van der Waals surface area contributed by atoms with E-state index in [1.807, 2.05) is 24.3 Å². The van der Waals surface area contributed by atoms with E-state index in [-0.39, 0.29) is 29.0 Å². The molecular formula is C26H41ClO4. The van der Waals surface area contributed by atoms with E-state index in [9.17, 15) is 15.0 Å². The zero-order valence-electron chi connectivity index (χ0n) is 19.4. The van der Waals surface area contributed by atoms with Crippen molar-refractivity contribution < 1.29 is 20.1 Å². The second-order valence-corrected chi connectivity index (χ2v) is 11.1. The molecule has 0 aliphatic heterocycles. The van der Waals surface area contributed by atoms with Crippen LogP contribution in [0.4, 0.5) is 0 Å². The van der Waals surface area contributed by atoms with Gasteiger partial charge in [0, 0.05) is 17.7 Å². The smallest absolute Gasteiger partial charge is 0.303 e. The lowest BCUT2D eigenvalue weighted by molar-refractivity contribution is -0.137. The lowest BCUT2D eigenvalue weighted by Gasteiger charge is -2.24. The van der Waals surface area contributed by atoms with Crippen molar-refractivity contribution in [1.82, 2.24) is 0 Å². The van der Waals surface area contributed by atoms with Crippen LogP contribution in [0.15, 0.2) is 24.3 Å². The van der Waals surface area contributed by atoms with Crippen LogP contribution in [0.25, 0.3) is 0 Å². The number of hydrogen-bond donors (Lipinski definition) is 3. The average Bonchev–Trinajstić information content (AvgIpc) is 2.96. The van der Waals surface area contributed by atoms with Gasteiger partial charge in [0.15, 0.2) is 0 Å². The third kappa shape index (κ3) is 8.75. The van der Waals surface area contributed by atoms with Gasteiger partial charge in [0.1, 0.15) is 0 Å². The van der Waals surface area contributed by atoms with E-state index in [4.69, 9.17) is 16.7 Å². The minimum absolute atomic E-state index is 0.0219. The van der Waals surface area contributed by atoms with E-state index < -0.39 is 18.2 Å². The number of carboxylic acids is 1. The van der Waals surface area contributed by atoms with E-state index in [1.165, 1.54) is 0 Å². The highest BCUT2D eigenvalue weighted by Crippen LogP contribution is 2.45. The molecule has 176 valence electrons. The fourth-order valence-electron chi connectivity index (χ4n) is 4.83. The molecular weight excluding hydrogens is 412 g/mol. The van der Waals surface area contributed by atoms with Crippen molar-refractivity contribution in [3.8, 4) is 0 Å². The highest BCUT2D eigenvalue weighted by Gasteiger charge is 2.41. The van der Waals surface area contributed by atoms with E-state index in [1.54, 1.807) is 0 Å². The summed E-state index contributed by atoms with van der Waals surface area (Å²) in [7, 11) is 0. The zero-order valence-corrected chi connectivity index (χ0v) is 20.2. The maximum atomic E-state index is 10.7.